The molecule has 0 spiro atoms. The van der Waals surface area contributed by atoms with Crippen LogP contribution >= 0.6 is 7.60 Å². The van der Waals surface area contributed by atoms with Crippen molar-refractivity contribution in [3.63, 3.8) is 0 Å². The molecule has 2 aliphatic rings. The van der Waals surface area contributed by atoms with Gasteiger partial charge in [-0.15, -0.1) is 0 Å². The highest BCUT2D eigenvalue weighted by molar-refractivity contribution is 7.54. The molecule has 1 aromatic rings. The van der Waals surface area contributed by atoms with Crippen molar-refractivity contribution in [2.45, 2.75) is 26.9 Å². The van der Waals surface area contributed by atoms with Gasteiger partial charge in [0.15, 0.2) is 0 Å². The molecule has 1 fully saturated rings. The Bertz CT molecular complexity index is 781. The molecule has 26 heavy (non-hydrogen) atoms. The quantitative estimate of drug-likeness (QED) is 0.533. The van der Waals surface area contributed by atoms with Crippen molar-refractivity contribution in [2.24, 2.45) is 11.1 Å². The van der Waals surface area contributed by atoms with E-state index in [1.54, 1.807) is 26.0 Å². The summed E-state index contributed by atoms with van der Waals surface area (Å²) in [6.07, 6.45) is -1.22. The minimum Gasteiger partial charge on any atom is -0.381 e. The van der Waals surface area contributed by atoms with Gasteiger partial charge >= 0.3 is 7.60 Å². The summed E-state index contributed by atoms with van der Waals surface area (Å²) in [7, 11) is -3.46. The maximum absolute atomic E-state index is 12.9. The molecule has 2 aliphatic heterocycles. The lowest BCUT2D eigenvalue weighted by molar-refractivity contribution is -0.126. The summed E-state index contributed by atoms with van der Waals surface area (Å²) in [4.78, 5) is 31.8. The van der Waals surface area contributed by atoms with Gasteiger partial charge in [0.05, 0.1) is 30.8 Å². The van der Waals surface area contributed by atoms with Crippen LogP contribution in [0.4, 0.5) is 5.69 Å². The number of carbonyl (C=O) groups is 2. The third kappa shape index (κ3) is 3.32. The van der Waals surface area contributed by atoms with Crippen molar-refractivity contribution in [2.75, 3.05) is 24.3 Å². The van der Waals surface area contributed by atoms with Gasteiger partial charge in [0, 0.05) is 0 Å². The molecule has 3 rings (SSSR count). The number of carbonyl (C=O) groups excluding carboxylic acids is 2. The van der Waals surface area contributed by atoms with Gasteiger partial charge in [0.1, 0.15) is 5.92 Å². The molecule has 0 aliphatic carbocycles. The Labute approximate surface area is 151 Å². The van der Waals surface area contributed by atoms with Crippen molar-refractivity contribution >= 4 is 30.8 Å². The van der Waals surface area contributed by atoms with Crippen LogP contribution in [0, 0.1) is 12.8 Å². The Balaban J connectivity index is 1.84. The molecule has 140 valence electrons. The summed E-state index contributed by atoms with van der Waals surface area (Å²) >= 11 is 0. The van der Waals surface area contributed by atoms with Gasteiger partial charge in [-0.1, -0.05) is 22.9 Å². The first-order chi connectivity index (χ1) is 12.4. The van der Waals surface area contributed by atoms with Gasteiger partial charge < -0.3 is 13.9 Å². The van der Waals surface area contributed by atoms with Gasteiger partial charge in [0.2, 0.25) is 12.0 Å². The summed E-state index contributed by atoms with van der Waals surface area (Å²) in [5.41, 5.74) is 1.70. The summed E-state index contributed by atoms with van der Waals surface area (Å²) in [6.45, 7) is 5.71. The Morgan fingerprint density at radius 2 is 1.73 bits per heavy atom. The summed E-state index contributed by atoms with van der Waals surface area (Å²) in [5.74, 6) is -1.83. The minimum atomic E-state index is -3.46. The third-order valence-corrected chi connectivity index (χ3v) is 6.21. The van der Waals surface area contributed by atoms with E-state index in [4.69, 9.17) is 13.9 Å². The number of hydrogen-bond acceptors (Lipinski definition) is 7. The first-order valence-electron chi connectivity index (χ1n) is 8.45. The highest BCUT2D eigenvalue weighted by Gasteiger charge is 2.56. The predicted molar refractivity (Wildman–Crippen MR) is 95.2 cm³/mol. The lowest BCUT2D eigenvalue weighted by atomic mass is 10.0. The lowest BCUT2D eigenvalue weighted by Gasteiger charge is -2.18. The lowest BCUT2D eigenvalue weighted by Crippen LogP contribution is -2.33. The average molecular weight is 380 g/mol. The van der Waals surface area contributed by atoms with E-state index in [9.17, 15) is 14.2 Å². The van der Waals surface area contributed by atoms with Crippen LogP contribution < -0.4 is 4.90 Å². The van der Waals surface area contributed by atoms with E-state index < -0.39 is 31.4 Å². The van der Waals surface area contributed by atoms with E-state index in [0.717, 1.165) is 10.5 Å². The fraction of sp³-hybridized carbons (Fsp3) is 0.471. The average Bonchev–Trinajstić information content (AvgIpc) is 3.10. The van der Waals surface area contributed by atoms with Crippen molar-refractivity contribution in [3.8, 4) is 0 Å². The molecule has 2 atom stereocenters. The molecule has 2 amide bonds. The van der Waals surface area contributed by atoms with E-state index in [-0.39, 0.29) is 25.1 Å². The van der Waals surface area contributed by atoms with Crippen LogP contribution in [0.1, 0.15) is 19.4 Å². The molecule has 9 heteroatoms. The third-order valence-electron chi connectivity index (χ3n) is 4.19. The number of fused-ring (bicyclic) bond motifs is 1. The van der Waals surface area contributed by atoms with Crippen LogP contribution in [0.15, 0.2) is 29.4 Å². The topological polar surface area (TPSA) is 94.5 Å². The molecule has 0 aromatic heterocycles. The van der Waals surface area contributed by atoms with Crippen molar-refractivity contribution in [1.29, 1.82) is 0 Å². The second-order valence-electron chi connectivity index (χ2n) is 6.04. The molecule has 0 saturated carbocycles. The number of imide groups is 1. The smallest absolute Gasteiger partial charge is 0.336 e. The normalized spacial score (nSPS) is 22.4. The maximum Gasteiger partial charge on any atom is 0.336 e. The molecule has 0 bridgehead atoms. The summed E-state index contributed by atoms with van der Waals surface area (Å²) < 4.78 is 23.3. The van der Waals surface area contributed by atoms with Crippen LogP contribution in [0.2, 0.25) is 0 Å². The molecular weight excluding hydrogens is 359 g/mol. The number of anilines is 1. The Hall–Kier alpha value is -2.02. The van der Waals surface area contributed by atoms with E-state index in [2.05, 4.69) is 5.16 Å². The first-order valence-corrected chi connectivity index (χ1v) is 10.2. The monoisotopic (exact) mass is 380 g/mol. The van der Waals surface area contributed by atoms with Gasteiger partial charge in [-0.25, -0.2) is 4.90 Å². The predicted octanol–water partition coefficient (Wildman–Crippen LogP) is 2.51. The number of oxime groups is 1. The molecule has 8 nitrogen and oxygen atoms in total. The van der Waals surface area contributed by atoms with Gasteiger partial charge in [-0.05, 0) is 32.9 Å². The number of nitrogens with zero attached hydrogens (tertiary/aromatic N) is 2. The van der Waals surface area contributed by atoms with Crippen LogP contribution in [-0.2, 0) is 28.0 Å². The van der Waals surface area contributed by atoms with Crippen LogP contribution in [-0.4, -0.2) is 43.0 Å². The second-order valence-corrected chi connectivity index (χ2v) is 8.09. The highest BCUT2D eigenvalue weighted by Crippen LogP contribution is 2.50. The zero-order chi connectivity index (χ0) is 18.9. The summed E-state index contributed by atoms with van der Waals surface area (Å²) in [6, 6.07) is 7.04. The molecule has 1 saturated heterocycles. The molecule has 0 N–H and O–H groups in total. The zero-order valence-corrected chi connectivity index (χ0v) is 15.8. The van der Waals surface area contributed by atoms with Crippen molar-refractivity contribution < 1.29 is 28.0 Å². The van der Waals surface area contributed by atoms with E-state index in [0.29, 0.717) is 5.69 Å². The standard InChI is InChI=1S/C17H21N2O6P/c1-4-23-26(22,24-5-2)10-13-14-15(25-18-13)17(21)19(16(14)20)12-8-6-11(3)7-9-12/h6-9,14-15H,4-5,10H2,1-3H3. The number of hydrogen-bond donors (Lipinski definition) is 0. The zero-order valence-electron chi connectivity index (χ0n) is 14.9. The Kier molecular flexibility index (Phi) is 5.27. The fourth-order valence-electron chi connectivity index (χ4n) is 3.05. The number of benzene rings is 1. The fourth-order valence-corrected chi connectivity index (χ4v) is 4.74. The Morgan fingerprint density at radius 1 is 1.12 bits per heavy atom. The van der Waals surface area contributed by atoms with Crippen molar-refractivity contribution in [3.05, 3.63) is 29.8 Å². The number of aryl methyl sites for hydroxylation is 1. The number of rotatable bonds is 7. The molecule has 2 unspecified atom stereocenters. The van der Waals surface area contributed by atoms with Crippen molar-refractivity contribution in [1.82, 2.24) is 0 Å². The second kappa shape index (κ2) is 7.31. The SMILES string of the molecule is CCOP(=O)(CC1=NOC2C(=O)N(c3ccc(C)cc3)C(=O)C12)OCC. The number of amides is 2. The van der Waals surface area contributed by atoms with Crippen LogP contribution in [0.5, 0.6) is 0 Å². The largest absolute Gasteiger partial charge is 0.381 e. The minimum absolute atomic E-state index is 0.184. The van der Waals surface area contributed by atoms with Gasteiger partial charge in [0.25, 0.3) is 5.91 Å². The molecular formula is C17H21N2O6P. The molecule has 0 radical (unpaired) electrons. The van der Waals surface area contributed by atoms with Crippen LogP contribution in [0.3, 0.4) is 0 Å². The van der Waals surface area contributed by atoms with E-state index in [1.165, 1.54) is 0 Å². The van der Waals surface area contributed by atoms with E-state index >= 15 is 0 Å². The highest BCUT2D eigenvalue weighted by atomic mass is 31.2. The first kappa shape index (κ1) is 18.8. The Morgan fingerprint density at radius 3 is 2.31 bits per heavy atom. The van der Waals surface area contributed by atoms with E-state index in [1.807, 2.05) is 19.1 Å². The maximum atomic E-state index is 12.9. The van der Waals surface area contributed by atoms with Gasteiger partial charge in [-0.3, -0.25) is 14.2 Å². The molecule has 2 heterocycles. The molecule has 1 aromatic carbocycles. The summed E-state index contributed by atoms with van der Waals surface area (Å²) in [5, 5.41) is 3.83. The van der Waals surface area contributed by atoms with Crippen LogP contribution in [0.25, 0.3) is 0 Å². The van der Waals surface area contributed by atoms with Gasteiger partial charge in [-0.2, -0.15) is 0 Å².